The number of halogens is 4. The van der Waals surface area contributed by atoms with Gasteiger partial charge in [0.1, 0.15) is 0 Å². The molecule has 20 heavy (non-hydrogen) atoms. The van der Waals surface area contributed by atoms with Gasteiger partial charge in [-0.05, 0) is 52.2 Å². The van der Waals surface area contributed by atoms with Gasteiger partial charge in [-0.1, -0.05) is 6.07 Å². The molecule has 0 atom stereocenters. The van der Waals surface area contributed by atoms with Gasteiger partial charge in [-0.2, -0.15) is 13.2 Å². The van der Waals surface area contributed by atoms with Gasteiger partial charge in [0.2, 0.25) is 0 Å². The van der Waals surface area contributed by atoms with Crippen LogP contribution in [0.25, 0.3) is 0 Å². The summed E-state index contributed by atoms with van der Waals surface area (Å²) in [5, 5.41) is 3.10. The maximum absolute atomic E-state index is 12.5. The monoisotopic (exact) mass is 344 g/mol. The lowest BCUT2D eigenvalue weighted by Gasteiger charge is -2.12. The predicted molar refractivity (Wildman–Crippen MR) is 75.6 cm³/mol. The topological polar surface area (TPSA) is 24.9 Å². The highest BCUT2D eigenvalue weighted by Gasteiger charge is 2.30. The molecule has 0 aliphatic heterocycles. The molecule has 1 aromatic heterocycles. The average Bonchev–Trinajstić information content (AvgIpc) is 2.40. The van der Waals surface area contributed by atoms with Crippen LogP contribution >= 0.6 is 15.9 Å². The molecule has 0 fully saturated rings. The first-order valence-corrected chi connectivity index (χ1v) is 6.75. The van der Waals surface area contributed by atoms with Crippen molar-refractivity contribution in [3.05, 3.63) is 58.3 Å². The van der Waals surface area contributed by atoms with Crippen LogP contribution in [0.15, 0.2) is 47.2 Å². The van der Waals surface area contributed by atoms with Crippen LogP contribution in [-0.4, -0.2) is 11.5 Å². The van der Waals surface area contributed by atoms with Gasteiger partial charge in [0.05, 0.1) is 5.56 Å². The van der Waals surface area contributed by atoms with Gasteiger partial charge in [0.15, 0.2) is 0 Å². The third-order valence-electron chi connectivity index (χ3n) is 2.75. The molecule has 0 radical (unpaired) electrons. The molecular weight excluding hydrogens is 333 g/mol. The van der Waals surface area contributed by atoms with Crippen molar-refractivity contribution in [3.63, 3.8) is 0 Å². The molecule has 0 saturated carbocycles. The summed E-state index contributed by atoms with van der Waals surface area (Å²) in [4.78, 5) is 4.00. The Hall–Kier alpha value is -1.56. The second-order valence-corrected chi connectivity index (χ2v) is 5.08. The number of hydrogen-bond donors (Lipinski definition) is 1. The lowest BCUT2D eigenvalue weighted by molar-refractivity contribution is -0.137. The van der Waals surface area contributed by atoms with Crippen molar-refractivity contribution < 1.29 is 13.2 Å². The molecule has 1 N–H and O–H groups in total. The van der Waals surface area contributed by atoms with E-state index >= 15 is 0 Å². The van der Waals surface area contributed by atoms with Crippen molar-refractivity contribution in [3.8, 4) is 0 Å². The van der Waals surface area contributed by atoms with E-state index < -0.39 is 11.7 Å². The Morgan fingerprint density at radius 3 is 2.60 bits per heavy atom. The fourth-order valence-electron chi connectivity index (χ4n) is 1.72. The first-order chi connectivity index (χ1) is 9.47. The zero-order chi connectivity index (χ0) is 14.6. The summed E-state index contributed by atoms with van der Waals surface area (Å²) in [7, 11) is 0. The highest BCUT2D eigenvalue weighted by molar-refractivity contribution is 9.10. The minimum Gasteiger partial charge on any atom is -0.384 e. The van der Waals surface area contributed by atoms with Crippen LogP contribution in [0.3, 0.4) is 0 Å². The molecule has 106 valence electrons. The third-order valence-corrected chi connectivity index (χ3v) is 3.40. The molecule has 0 bridgehead atoms. The Morgan fingerprint density at radius 2 is 2.00 bits per heavy atom. The zero-order valence-corrected chi connectivity index (χ0v) is 12.0. The van der Waals surface area contributed by atoms with E-state index in [9.17, 15) is 13.2 Å². The second-order valence-electron chi connectivity index (χ2n) is 4.23. The molecule has 1 aromatic carbocycles. The van der Waals surface area contributed by atoms with Crippen LogP contribution in [0, 0.1) is 0 Å². The van der Waals surface area contributed by atoms with E-state index in [0.717, 1.165) is 24.1 Å². The minimum absolute atomic E-state index is 0.401. The minimum atomic E-state index is -4.32. The van der Waals surface area contributed by atoms with E-state index in [1.165, 1.54) is 6.07 Å². The van der Waals surface area contributed by atoms with Crippen molar-refractivity contribution in [2.45, 2.75) is 12.6 Å². The molecule has 2 aromatic rings. The summed E-state index contributed by atoms with van der Waals surface area (Å²) >= 11 is 3.15. The van der Waals surface area contributed by atoms with Gasteiger partial charge < -0.3 is 5.32 Å². The van der Waals surface area contributed by atoms with E-state index in [2.05, 4.69) is 26.2 Å². The van der Waals surface area contributed by atoms with E-state index in [0.29, 0.717) is 16.7 Å². The van der Waals surface area contributed by atoms with Gasteiger partial charge in [-0.3, -0.25) is 4.98 Å². The lowest BCUT2D eigenvalue weighted by Crippen LogP contribution is -2.08. The molecule has 2 nitrogen and oxygen atoms in total. The summed E-state index contributed by atoms with van der Waals surface area (Å²) in [5.74, 6) is 0. The number of pyridine rings is 1. The van der Waals surface area contributed by atoms with Crippen LogP contribution in [0.2, 0.25) is 0 Å². The molecule has 0 spiro atoms. The van der Waals surface area contributed by atoms with Gasteiger partial charge in [-0.25, -0.2) is 0 Å². The molecule has 6 heteroatoms. The molecule has 2 rings (SSSR count). The molecule has 0 saturated heterocycles. The number of benzene rings is 1. The highest BCUT2D eigenvalue weighted by atomic mass is 79.9. The number of alkyl halides is 3. The second kappa shape index (κ2) is 6.26. The Kier molecular flexibility index (Phi) is 4.65. The Balaban J connectivity index is 1.97. The number of rotatable bonds is 4. The summed E-state index contributed by atoms with van der Waals surface area (Å²) < 4.78 is 38.0. The van der Waals surface area contributed by atoms with Gasteiger partial charge in [0, 0.05) is 29.1 Å². The molecule has 1 heterocycles. The van der Waals surface area contributed by atoms with E-state index in [-0.39, 0.29) is 0 Å². The fourth-order valence-corrected chi connectivity index (χ4v) is 2.24. The van der Waals surface area contributed by atoms with Crippen molar-refractivity contribution in [1.82, 2.24) is 4.98 Å². The van der Waals surface area contributed by atoms with Crippen LogP contribution in [0.5, 0.6) is 0 Å². The van der Waals surface area contributed by atoms with Crippen molar-refractivity contribution in [2.24, 2.45) is 0 Å². The standard InChI is InChI=1S/C14H12BrF3N2/c15-12-8-11(14(16,17)18)3-4-13(12)20-7-5-10-2-1-6-19-9-10/h1-4,6,8-9,20H,5,7H2. The largest absolute Gasteiger partial charge is 0.416 e. The summed E-state index contributed by atoms with van der Waals surface area (Å²) in [6, 6.07) is 7.37. The molecule has 0 amide bonds. The van der Waals surface area contributed by atoms with Crippen LogP contribution in [0.1, 0.15) is 11.1 Å². The SMILES string of the molecule is FC(F)(F)c1ccc(NCCc2cccnc2)c(Br)c1. The zero-order valence-electron chi connectivity index (χ0n) is 10.4. The van der Waals surface area contributed by atoms with Crippen molar-refractivity contribution >= 4 is 21.6 Å². The normalized spacial score (nSPS) is 11.4. The Bertz CT molecular complexity index is 570. The smallest absolute Gasteiger partial charge is 0.384 e. The first kappa shape index (κ1) is 14.8. The van der Waals surface area contributed by atoms with E-state index in [4.69, 9.17) is 0 Å². The number of anilines is 1. The Morgan fingerprint density at radius 1 is 1.20 bits per heavy atom. The van der Waals surface area contributed by atoms with E-state index in [1.54, 1.807) is 12.4 Å². The molecule has 0 unspecified atom stereocenters. The fraction of sp³-hybridized carbons (Fsp3) is 0.214. The number of nitrogens with one attached hydrogen (secondary N) is 1. The summed E-state index contributed by atoms with van der Waals surface area (Å²) in [6.45, 7) is 0.621. The molecular formula is C14H12BrF3N2. The molecule has 0 aliphatic carbocycles. The molecule has 0 aliphatic rings. The Labute approximate surface area is 123 Å². The summed E-state index contributed by atoms with van der Waals surface area (Å²) in [6.07, 6.45) is -0.106. The van der Waals surface area contributed by atoms with Gasteiger partial charge in [0.25, 0.3) is 0 Å². The predicted octanol–water partition coefficient (Wildman–Crippen LogP) is 4.52. The maximum atomic E-state index is 12.5. The van der Waals surface area contributed by atoms with Crippen LogP contribution in [0.4, 0.5) is 18.9 Å². The first-order valence-electron chi connectivity index (χ1n) is 5.96. The third kappa shape index (κ3) is 3.96. The van der Waals surface area contributed by atoms with Crippen LogP contribution in [-0.2, 0) is 12.6 Å². The van der Waals surface area contributed by atoms with Gasteiger partial charge >= 0.3 is 6.18 Å². The average molecular weight is 345 g/mol. The number of hydrogen-bond acceptors (Lipinski definition) is 2. The quantitative estimate of drug-likeness (QED) is 0.882. The highest BCUT2D eigenvalue weighted by Crippen LogP contribution is 2.33. The van der Waals surface area contributed by atoms with Crippen LogP contribution < -0.4 is 5.32 Å². The van der Waals surface area contributed by atoms with E-state index in [1.807, 2.05) is 12.1 Å². The summed E-state index contributed by atoms with van der Waals surface area (Å²) in [5.41, 5.74) is 1.05. The number of aromatic nitrogens is 1. The number of nitrogens with zero attached hydrogens (tertiary/aromatic N) is 1. The van der Waals surface area contributed by atoms with Crippen molar-refractivity contribution in [1.29, 1.82) is 0 Å². The maximum Gasteiger partial charge on any atom is 0.416 e. The lowest BCUT2D eigenvalue weighted by atomic mass is 10.2. The van der Waals surface area contributed by atoms with Gasteiger partial charge in [-0.15, -0.1) is 0 Å². The van der Waals surface area contributed by atoms with Crippen molar-refractivity contribution in [2.75, 3.05) is 11.9 Å².